The molecule has 0 atom stereocenters. The van der Waals surface area contributed by atoms with Crippen LogP contribution in [0.5, 0.6) is 0 Å². The van der Waals surface area contributed by atoms with Gasteiger partial charge in [0.2, 0.25) is 0 Å². The molecule has 0 aliphatic heterocycles. The van der Waals surface area contributed by atoms with Crippen LogP contribution in [0.2, 0.25) is 0 Å². The van der Waals surface area contributed by atoms with Crippen molar-refractivity contribution >= 4 is 0 Å². The van der Waals surface area contributed by atoms with Gasteiger partial charge in [0.05, 0.1) is 5.69 Å². The first-order chi connectivity index (χ1) is 7.33. The third kappa shape index (κ3) is 2.02. The highest BCUT2D eigenvalue weighted by molar-refractivity contribution is 5.52. The molecule has 0 radical (unpaired) electrons. The molecule has 0 aliphatic rings. The summed E-state index contributed by atoms with van der Waals surface area (Å²) in [5, 5.41) is 3.83. The largest absolute Gasteiger partial charge is 0.334 e. The standard InChI is InChI=1S/C10H12N4O/c1-2-9-13-10(15-14-9)7-3-4-12-8(5-7)6-11/h3-5H,2,6,11H2,1H3. The maximum Gasteiger partial charge on any atom is 0.258 e. The van der Waals surface area contributed by atoms with Gasteiger partial charge in [-0.15, -0.1) is 0 Å². The highest BCUT2D eigenvalue weighted by Crippen LogP contribution is 2.17. The van der Waals surface area contributed by atoms with E-state index in [1.165, 1.54) is 0 Å². The third-order valence-corrected chi connectivity index (χ3v) is 2.06. The number of aryl methyl sites for hydroxylation is 1. The molecular weight excluding hydrogens is 192 g/mol. The quantitative estimate of drug-likeness (QED) is 0.811. The van der Waals surface area contributed by atoms with E-state index in [1.807, 2.05) is 19.1 Å². The Morgan fingerprint density at radius 2 is 2.33 bits per heavy atom. The molecule has 5 heteroatoms. The third-order valence-electron chi connectivity index (χ3n) is 2.06. The molecule has 5 nitrogen and oxygen atoms in total. The molecule has 0 saturated heterocycles. The Labute approximate surface area is 87.3 Å². The minimum atomic E-state index is 0.405. The van der Waals surface area contributed by atoms with Crippen LogP contribution in [-0.2, 0) is 13.0 Å². The summed E-state index contributed by atoms with van der Waals surface area (Å²) in [6, 6.07) is 3.68. The lowest BCUT2D eigenvalue weighted by Gasteiger charge is -1.97. The summed E-state index contributed by atoms with van der Waals surface area (Å²) in [5.74, 6) is 1.22. The van der Waals surface area contributed by atoms with Gasteiger partial charge in [-0.05, 0) is 12.1 Å². The molecule has 0 bridgehead atoms. The first-order valence-electron chi connectivity index (χ1n) is 4.81. The van der Waals surface area contributed by atoms with Crippen molar-refractivity contribution in [2.24, 2.45) is 5.73 Å². The van der Waals surface area contributed by atoms with E-state index in [-0.39, 0.29) is 0 Å². The van der Waals surface area contributed by atoms with Crippen LogP contribution >= 0.6 is 0 Å². The van der Waals surface area contributed by atoms with E-state index in [2.05, 4.69) is 15.1 Å². The Morgan fingerprint density at radius 1 is 1.47 bits per heavy atom. The minimum Gasteiger partial charge on any atom is -0.334 e. The molecule has 0 aliphatic carbocycles. The Balaban J connectivity index is 2.35. The molecule has 2 heterocycles. The Morgan fingerprint density at radius 3 is 3.00 bits per heavy atom. The molecule has 0 fully saturated rings. The predicted octanol–water partition coefficient (Wildman–Crippen LogP) is 1.15. The van der Waals surface area contributed by atoms with Gasteiger partial charge in [-0.2, -0.15) is 4.98 Å². The zero-order valence-corrected chi connectivity index (χ0v) is 8.47. The van der Waals surface area contributed by atoms with Crippen LogP contribution in [0.25, 0.3) is 11.5 Å². The lowest BCUT2D eigenvalue weighted by Crippen LogP contribution is -1.99. The van der Waals surface area contributed by atoms with E-state index in [9.17, 15) is 0 Å². The second kappa shape index (κ2) is 4.18. The van der Waals surface area contributed by atoms with Crippen LogP contribution in [0.3, 0.4) is 0 Å². The van der Waals surface area contributed by atoms with Crippen molar-refractivity contribution in [3.05, 3.63) is 29.8 Å². The SMILES string of the molecule is CCc1noc(-c2ccnc(CN)c2)n1. The van der Waals surface area contributed by atoms with Gasteiger partial charge < -0.3 is 10.3 Å². The zero-order chi connectivity index (χ0) is 10.7. The van der Waals surface area contributed by atoms with E-state index in [4.69, 9.17) is 10.3 Å². The van der Waals surface area contributed by atoms with Crippen LogP contribution in [0, 0.1) is 0 Å². The van der Waals surface area contributed by atoms with Crippen molar-refractivity contribution in [3.63, 3.8) is 0 Å². The Bertz CT molecular complexity index is 452. The summed E-state index contributed by atoms with van der Waals surface area (Å²) < 4.78 is 5.11. The van der Waals surface area contributed by atoms with Crippen molar-refractivity contribution in [1.29, 1.82) is 0 Å². The fourth-order valence-electron chi connectivity index (χ4n) is 1.24. The van der Waals surface area contributed by atoms with Crippen molar-refractivity contribution < 1.29 is 4.52 Å². The van der Waals surface area contributed by atoms with Crippen molar-refractivity contribution in [3.8, 4) is 11.5 Å². The molecular formula is C10H12N4O. The van der Waals surface area contributed by atoms with Gasteiger partial charge in [0.15, 0.2) is 5.82 Å². The molecule has 0 unspecified atom stereocenters. The van der Waals surface area contributed by atoms with E-state index in [0.717, 1.165) is 17.7 Å². The van der Waals surface area contributed by atoms with Crippen LogP contribution in [0.1, 0.15) is 18.4 Å². The van der Waals surface area contributed by atoms with E-state index >= 15 is 0 Å². The number of nitrogens with zero attached hydrogens (tertiary/aromatic N) is 3. The number of hydrogen-bond acceptors (Lipinski definition) is 5. The molecule has 2 aromatic rings. The maximum absolute atomic E-state index is 5.50. The average Bonchev–Trinajstić information content (AvgIpc) is 2.78. The van der Waals surface area contributed by atoms with Crippen molar-refractivity contribution in [2.45, 2.75) is 19.9 Å². The number of rotatable bonds is 3. The maximum atomic E-state index is 5.50. The molecule has 2 aromatic heterocycles. The first kappa shape index (κ1) is 9.79. The first-order valence-corrected chi connectivity index (χ1v) is 4.81. The van der Waals surface area contributed by atoms with Gasteiger partial charge in [-0.1, -0.05) is 12.1 Å². The van der Waals surface area contributed by atoms with Crippen LogP contribution in [0.15, 0.2) is 22.9 Å². The lowest BCUT2D eigenvalue weighted by molar-refractivity contribution is 0.423. The molecule has 0 aromatic carbocycles. The van der Waals surface area contributed by atoms with Gasteiger partial charge in [0.25, 0.3) is 5.89 Å². The summed E-state index contributed by atoms with van der Waals surface area (Å²) in [4.78, 5) is 8.32. The highest BCUT2D eigenvalue weighted by Gasteiger charge is 2.07. The number of pyridine rings is 1. The van der Waals surface area contributed by atoms with Gasteiger partial charge in [0, 0.05) is 24.7 Å². The monoisotopic (exact) mass is 204 g/mol. The summed E-state index contributed by atoms with van der Waals surface area (Å²) in [5.41, 5.74) is 7.17. The zero-order valence-electron chi connectivity index (χ0n) is 8.47. The Kier molecular flexibility index (Phi) is 2.73. The van der Waals surface area contributed by atoms with E-state index in [1.54, 1.807) is 6.20 Å². The average molecular weight is 204 g/mol. The van der Waals surface area contributed by atoms with Crippen LogP contribution < -0.4 is 5.73 Å². The minimum absolute atomic E-state index is 0.405. The summed E-state index contributed by atoms with van der Waals surface area (Å²) in [6.45, 7) is 2.38. The van der Waals surface area contributed by atoms with Crippen LogP contribution in [-0.4, -0.2) is 15.1 Å². The molecule has 0 spiro atoms. The van der Waals surface area contributed by atoms with Gasteiger partial charge in [0.1, 0.15) is 0 Å². The summed E-state index contributed by atoms with van der Waals surface area (Å²) >= 11 is 0. The van der Waals surface area contributed by atoms with E-state index < -0.39 is 0 Å². The van der Waals surface area contributed by atoms with Crippen LogP contribution in [0.4, 0.5) is 0 Å². The second-order valence-corrected chi connectivity index (χ2v) is 3.11. The normalized spacial score (nSPS) is 10.5. The fourth-order valence-corrected chi connectivity index (χ4v) is 1.24. The molecule has 15 heavy (non-hydrogen) atoms. The Hall–Kier alpha value is -1.75. The smallest absolute Gasteiger partial charge is 0.258 e. The number of hydrogen-bond donors (Lipinski definition) is 1. The summed E-state index contributed by atoms with van der Waals surface area (Å²) in [6.07, 6.45) is 2.45. The lowest BCUT2D eigenvalue weighted by atomic mass is 10.2. The highest BCUT2D eigenvalue weighted by atomic mass is 16.5. The fraction of sp³-hybridized carbons (Fsp3) is 0.300. The van der Waals surface area contributed by atoms with Crippen molar-refractivity contribution in [1.82, 2.24) is 15.1 Å². The predicted molar refractivity (Wildman–Crippen MR) is 54.8 cm³/mol. The van der Waals surface area contributed by atoms with Gasteiger partial charge in [-0.3, -0.25) is 4.98 Å². The molecule has 2 N–H and O–H groups in total. The van der Waals surface area contributed by atoms with Gasteiger partial charge >= 0.3 is 0 Å². The molecule has 0 saturated carbocycles. The topological polar surface area (TPSA) is 77.8 Å². The van der Waals surface area contributed by atoms with E-state index in [0.29, 0.717) is 18.3 Å². The number of nitrogens with two attached hydrogens (primary N) is 1. The second-order valence-electron chi connectivity index (χ2n) is 3.11. The summed E-state index contributed by atoms with van der Waals surface area (Å²) in [7, 11) is 0. The number of aromatic nitrogens is 3. The molecule has 2 rings (SSSR count). The van der Waals surface area contributed by atoms with Gasteiger partial charge in [-0.25, -0.2) is 0 Å². The van der Waals surface area contributed by atoms with Crippen molar-refractivity contribution in [2.75, 3.05) is 0 Å². The molecule has 0 amide bonds. The molecule has 78 valence electrons.